The summed E-state index contributed by atoms with van der Waals surface area (Å²) < 4.78 is 0. The van der Waals surface area contributed by atoms with Gasteiger partial charge < -0.3 is 5.32 Å². The van der Waals surface area contributed by atoms with Crippen LogP contribution < -0.4 is 5.32 Å². The minimum absolute atomic E-state index is 0.0468. The SMILES string of the molecule is C=C(NC#CC(C)(C)C)C(C)(C)C. The monoisotopic (exact) mass is 179 g/mol. The molecule has 0 saturated heterocycles. The van der Waals surface area contributed by atoms with Crippen LogP contribution >= 0.6 is 0 Å². The maximum absolute atomic E-state index is 3.93. The van der Waals surface area contributed by atoms with Gasteiger partial charge in [0.15, 0.2) is 0 Å². The molecule has 0 spiro atoms. The summed E-state index contributed by atoms with van der Waals surface area (Å²) in [5, 5.41) is 3.02. The molecule has 0 aliphatic rings. The first kappa shape index (κ1) is 12.1. The summed E-state index contributed by atoms with van der Waals surface area (Å²) in [5.74, 6) is 3.10. The van der Waals surface area contributed by atoms with Crippen LogP contribution in [0.15, 0.2) is 12.3 Å². The van der Waals surface area contributed by atoms with E-state index in [1.807, 2.05) is 0 Å². The van der Waals surface area contributed by atoms with Gasteiger partial charge in [0.05, 0.1) is 0 Å². The van der Waals surface area contributed by atoms with E-state index in [9.17, 15) is 0 Å². The second kappa shape index (κ2) is 3.87. The Bertz CT molecular complexity index is 237. The normalized spacial score (nSPS) is 11.5. The molecule has 0 aliphatic carbocycles. The first-order valence-corrected chi connectivity index (χ1v) is 4.60. The summed E-state index contributed by atoms with van der Waals surface area (Å²) in [4.78, 5) is 0. The molecular formula is C12H21N. The predicted octanol–water partition coefficient (Wildman–Crippen LogP) is 3.14. The lowest BCUT2D eigenvalue weighted by Gasteiger charge is -2.20. The Morgan fingerprint density at radius 2 is 1.54 bits per heavy atom. The van der Waals surface area contributed by atoms with Crippen LogP contribution in [0.1, 0.15) is 41.5 Å². The van der Waals surface area contributed by atoms with Crippen molar-refractivity contribution < 1.29 is 0 Å². The van der Waals surface area contributed by atoms with Crippen LogP contribution in [0, 0.1) is 22.8 Å². The van der Waals surface area contributed by atoms with E-state index in [1.54, 1.807) is 0 Å². The van der Waals surface area contributed by atoms with E-state index in [-0.39, 0.29) is 10.8 Å². The molecule has 1 nitrogen and oxygen atoms in total. The fourth-order valence-electron chi connectivity index (χ4n) is 0.482. The summed E-state index contributed by atoms with van der Waals surface area (Å²) in [5.41, 5.74) is 1.09. The highest BCUT2D eigenvalue weighted by Gasteiger charge is 2.13. The third-order valence-corrected chi connectivity index (χ3v) is 1.56. The summed E-state index contributed by atoms with van der Waals surface area (Å²) in [7, 11) is 0. The van der Waals surface area contributed by atoms with Gasteiger partial charge in [-0.05, 0) is 20.8 Å². The Kier molecular flexibility index (Phi) is 3.60. The van der Waals surface area contributed by atoms with Gasteiger partial charge in [0.1, 0.15) is 0 Å². The molecule has 0 aromatic heterocycles. The molecule has 0 rings (SSSR count). The number of hydrogen-bond acceptors (Lipinski definition) is 1. The van der Waals surface area contributed by atoms with Gasteiger partial charge in [-0.15, -0.1) is 0 Å². The zero-order chi connectivity index (χ0) is 10.7. The average molecular weight is 179 g/mol. The molecule has 0 saturated carbocycles. The highest BCUT2D eigenvalue weighted by Crippen LogP contribution is 2.20. The summed E-state index contributed by atoms with van der Waals surface area (Å²) >= 11 is 0. The van der Waals surface area contributed by atoms with Gasteiger partial charge in [0.2, 0.25) is 0 Å². The molecular weight excluding hydrogens is 158 g/mol. The first-order valence-electron chi connectivity index (χ1n) is 4.60. The van der Waals surface area contributed by atoms with Crippen LogP contribution in [0.2, 0.25) is 0 Å². The standard InChI is InChI=1S/C12H21N/c1-10(12(5,6)7)13-9-8-11(2,3)4/h13H,1H2,2-7H3. The molecule has 0 atom stereocenters. The molecule has 0 unspecified atom stereocenters. The number of allylic oxidation sites excluding steroid dienone is 1. The van der Waals surface area contributed by atoms with Crippen molar-refractivity contribution in [1.82, 2.24) is 5.32 Å². The predicted molar refractivity (Wildman–Crippen MR) is 59.0 cm³/mol. The summed E-state index contributed by atoms with van der Waals surface area (Å²) in [6.45, 7) is 16.5. The van der Waals surface area contributed by atoms with Gasteiger partial charge in [-0.3, -0.25) is 0 Å². The minimum Gasteiger partial charge on any atom is -0.319 e. The van der Waals surface area contributed by atoms with E-state index < -0.39 is 0 Å². The second-order valence-electron chi connectivity index (χ2n) is 5.35. The van der Waals surface area contributed by atoms with Gasteiger partial charge in [0, 0.05) is 22.6 Å². The van der Waals surface area contributed by atoms with Crippen LogP contribution in [0.5, 0.6) is 0 Å². The average Bonchev–Trinajstić information content (AvgIpc) is 1.82. The van der Waals surface area contributed by atoms with Crippen LogP contribution in [0.3, 0.4) is 0 Å². The molecule has 0 bridgehead atoms. The Morgan fingerprint density at radius 1 is 1.08 bits per heavy atom. The van der Waals surface area contributed by atoms with Crippen molar-refractivity contribution in [2.45, 2.75) is 41.5 Å². The molecule has 0 aromatic carbocycles. The van der Waals surface area contributed by atoms with Crippen molar-refractivity contribution in [3.05, 3.63) is 12.3 Å². The van der Waals surface area contributed by atoms with E-state index in [1.165, 1.54) is 0 Å². The molecule has 1 N–H and O–H groups in total. The Labute approximate surface area is 82.6 Å². The Morgan fingerprint density at radius 3 is 1.85 bits per heavy atom. The van der Waals surface area contributed by atoms with E-state index >= 15 is 0 Å². The fourth-order valence-corrected chi connectivity index (χ4v) is 0.482. The summed E-state index contributed by atoms with van der Waals surface area (Å²) in [6.07, 6.45) is 0. The quantitative estimate of drug-likeness (QED) is 0.481. The lowest BCUT2D eigenvalue weighted by Crippen LogP contribution is -2.19. The molecule has 1 heteroatoms. The molecule has 0 amide bonds. The fraction of sp³-hybridized carbons (Fsp3) is 0.667. The smallest absolute Gasteiger partial charge is 0.0248 e. The second-order valence-corrected chi connectivity index (χ2v) is 5.35. The van der Waals surface area contributed by atoms with Crippen LogP contribution in [-0.2, 0) is 0 Å². The highest BCUT2D eigenvalue weighted by atomic mass is 14.9. The van der Waals surface area contributed by atoms with E-state index in [0.29, 0.717) is 0 Å². The van der Waals surface area contributed by atoms with Crippen molar-refractivity contribution in [2.75, 3.05) is 0 Å². The minimum atomic E-state index is 0.0468. The molecule has 13 heavy (non-hydrogen) atoms. The third-order valence-electron chi connectivity index (χ3n) is 1.56. The van der Waals surface area contributed by atoms with Gasteiger partial charge in [-0.1, -0.05) is 33.3 Å². The van der Waals surface area contributed by atoms with Crippen molar-refractivity contribution in [3.63, 3.8) is 0 Å². The first-order chi connectivity index (χ1) is 5.63. The van der Waals surface area contributed by atoms with E-state index in [0.717, 1.165) is 5.70 Å². The number of hydrogen-bond donors (Lipinski definition) is 1. The van der Waals surface area contributed by atoms with Gasteiger partial charge >= 0.3 is 0 Å². The summed E-state index contributed by atoms with van der Waals surface area (Å²) in [6, 6.07) is 2.93. The van der Waals surface area contributed by atoms with Crippen molar-refractivity contribution >= 4 is 0 Å². The van der Waals surface area contributed by atoms with E-state index in [2.05, 4.69) is 65.4 Å². The maximum atomic E-state index is 3.93. The van der Waals surface area contributed by atoms with Crippen molar-refractivity contribution in [1.29, 1.82) is 0 Å². The Balaban J connectivity index is 4.18. The van der Waals surface area contributed by atoms with Crippen LogP contribution in [-0.4, -0.2) is 0 Å². The van der Waals surface area contributed by atoms with Gasteiger partial charge in [-0.2, -0.15) is 0 Å². The molecule has 0 aliphatic heterocycles. The van der Waals surface area contributed by atoms with Crippen molar-refractivity contribution in [3.8, 4) is 12.0 Å². The largest absolute Gasteiger partial charge is 0.319 e. The topological polar surface area (TPSA) is 12.0 Å². The number of nitrogens with one attached hydrogen (secondary N) is 1. The van der Waals surface area contributed by atoms with Gasteiger partial charge in [0.25, 0.3) is 0 Å². The molecule has 0 aromatic rings. The zero-order valence-electron chi connectivity index (χ0n) is 9.71. The zero-order valence-corrected chi connectivity index (χ0v) is 9.71. The van der Waals surface area contributed by atoms with Crippen LogP contribution in [0.25, 0.3) is 0 Å². The van der Waals surface area contributed by atoms with Crippen molar-refractivity contribution in [2.24, 2.45) is 10.8 Å². The van der Waals surface area contributed by atoms with E-state index in [4.69, 9.17) is 0 Å². The molecule has 0 fully saturated rings. The Hall–Kier alpha value is -0.900. The third kappa shape index (κ3) is 6.28. The van der Waals surface area contributed by atoms with Crippen LogP contribution in [0.4, 0.5) is 0 Å². The lowest BCUT2D eigenvalue weighted by atomic mass is 9.93. The highest BCUT2D eigenvalue weighted by molar-refractivity contribution is 5.14. The number of rotatable bonds is 1. The van der Waals surface area contributed by atoms with Gasteiger partial charge in [-0.25, -0.2) is 0 Å². The molecule has 0 heterocycles. The molecule has 74 valence electrons. The molecule has 0 radical (unpaired) electrons. The lowest BCUT2D eigenvalue weighted by molar-refractivity contribution is 0.483. The maximum Gasteiger partial charge on any atom is 0.0248 e.